The van der Waals surface area contributed by atoms with Crippen molar-refractivity contribution < 1.29 is 4.92 Å². The number of pyridine rings is 1. The van der Waals surface area contributed by atoms with E-state index in [1.165, 1.54) is 18.0 Å². The summed E-state index contributed by atoms with van der Waals surface area (Å²) in [6.07, 6.45) is 5.23. The van der Waals surface area contributed by atoms with E-state index < -0.39 is 4.92 Å². The second-order valence-corrected chi connectivity index (χ2v) is 5.27. The molecular formula is C14H17N5O2. The summed E-state index contributed by atoms with van der Waals surface area (Å²) in [5.41, 5.74) is 1.30. The number of nitrogens with zero attached hydrogens (tertiary/aromatic N) is 5. The van der Waals surface area contributed by atoms with Crippen molar-refractivity contribution >= 4 is 11.5 Å². The van der Waals surface area contributed by atoms with Crippen molar-refractivity contribution in [1.29, 1.82) is 0 Å². The van der Waals surface area contributed by atoms with Gasteiger partial charge in [0, 0.05) is 44.0 Å². The molecule has 0 N–H and O–H groups in total. The zero-order valence-electron chi connectivity index (χ0n) is 11.8. The van der Waals surface area contributed by atoms with E-state index in [0.29, 0.717) is 5.92 Å². The Balaban J connectivity index is 1.65. The third kappa shape index (κ3) is 2.72. The summed E-state index contributed by atoms with van der Waals surface area (Å²) in [5.74, 6) is 1.33. The number of rotatable bonds is 3. The minimum absolute atomic E-state index is 0.0310. The number of aromatic nitrogens is 3. The molecule has 1 fully saturated rings. The van der Waals surface area contributed by atoms with Crippen LogP contribution in [0.1, 0.15) is 24.5 Å². The summed E-state index contributed by atoms with van der Waals surface area (Å²) in [6, 6.07) is 5.31. The van der Waals surface area contributed by atoms with Gasteiger partial charge in [-0.05, 0) is 25.0 Å². The Kier molecular flexibility index (Phi) is 3.55. The van der Waals surface area contributed by atoms with E-state index in [1.807, 2.05) is 17.9 Å². The fourth-order valence-electron chi connectivity index (χ4n) is 2.86. The predicted octanol–water partition coefficient (Wildman–Crippen LogP) is 2.11. The lowest BCUT2D eigenvalue weighted by Crippen LogP contribution is -2.33. The highest BCUT2D eigenvalue weighted by Crippen LogP contribution is 2.29. The monoisotopic (exact) mass is 287 g/mol. The maximum Gasteiger partial charge on any atom is 0.287 e. The van der Waals surface area contributed by atoms with Crippen molar-refractivity contribution in [2.45, 2.75) is 18.8 Å². The Morgan fingerprint density at radius 2 is 2.05 bits per heavy atom. The Morgan fingerprint density at radius 1 is 1.29 bits per heavy atom. The van der Waals surface area contributed by atoms with E-state index in [2.05, 4.69) is 21.0 Å². The number of hydrogen-bond donors (Lipinski definition) is 0. The highest BCUT2D eigenvalue weighted by atomic mass is 16.6. The molecule has 0 atom stereocenters. The summed E-state index contributed by atoms with van der Waals surface area (Å²) in [6.45, 7) is 1.81. The van der Waals surface area contributed by atoms with Crippen LogP contribution in [-0.2, 0) is 7.05 Å². The standard InChI is InChI=1S/C14H17N5O2/c1-17-13(4-7-16-17)11-5-8-18(9-6-11)14-3-2-12(10-15-14)19(20)21/h2-4,7,10-11H,5-6,8-9H2,1H3. The first-order valence-electron chi connectivity index (χ1n) is 6.98. The largest absolute Gasteiger partial charge is 0.357 e. The van der Waals surface area contributed by atoms with Crippen LogP contribution in [0, 0.1) is 10.1 Å². The van der Waals surface area contributed by atoms with Crippen LogP contribution in [0.3, 0.4) is 0 Å². The van der Waals surface area contributed by atoms with Crippen molar-refractivity contribution in [3.63, 3.8) is 0 Å². The molecule has 0 unspecified atom stereocenters. The first-order chi connectivity index (χ1) is 10.1. The van der Waals surface area contributed by atoms with Crippen LogP contribution in [0.25, 0.3) is 0 Å². The molecule has 0 radical (unpaired) electrons. The van der Waals surface area contributed by atoms with Crippen LogP contribution in [0.4, 0.5) is 11.5 Å². The summed E-state index contributed by atoms with van der Waals surface area (Å²) < 4.78 is 1.93. The van der Waals surface area contributed by atoms with Gasteiger partial charge in [0.25, 0.3) is 5.69 Å². The molecular weight excluding hydrogens is 270 g/mol. The van der Waals surface area contributed by atoms with Crippen LogP contribution in [-0.4, -0.2) is 32.8 Å². The van der Waals surface area contributed by atoms with Crippen LogP contribution >= 0.6 is 0 Å². The third-order valence-corrected chi connectivity index (χ3v) is 4.04. The molecule has 3 heterocycles. The van der Waals surface area contributed by atoms with Gasteiger partial charge in [-0.25, -0.2) is 4.98 Å². The van der Waals surface area contributed by atoms with Crippen molar-refractivity contribution in [3.8, 4) is 0 Å². The molecule has 0 saturated carbocycles. The molecule has 0 amide bonds. The molecule has 7 heteroatoms. The van der Waals surface area contributed by atoms with Crippen molar-refractivity contribution in [2.24, 2.45) is 7.05 Å². The summed E-state index contributed by atoms with van der Waals surface area (Å²) in [4.78, 5) is 16.6. The number of nitro groups is 1. The number of aryl methyl sites for hydroxylation is 1. The molecule has 110 valence electrons. The van der Waals surface area contributed by atoms with Gasteiger partial charge in [0.15, 0.2) is 0 Å². The minimum Gasteiger partial charge on any atom is -0.357 e. The fraction of sp³-hybridized carbons (Fsp3) is 0.429. The Bertz CT molecular complexity index is 629. The maximum atomic E-state index is 10.6. The highest BCUT2D eigenvalue weighted by molar-refractivity contribution is 5.43. The zero-order valence-corrected chi connectivity index (χ0v) is 11.8. The minimum atomic E-state index is -0.425. The van der Waals surface area contributed by atoms with Crippen LogP contribution in [0.15, 0.2) is 30.6 Å². The Labute approximate surface area is 122 Å². The van der Waals surface area contributed by atoms with E-state index in [9.17, 15) is 10.1 Å². The SMILES string of the molecule is Cn1nccc1C1CCN(c2ccc([N+](=O)[O-])cn2)CC1. The molecule has 1 aliphatic heterocycles. The zero-order chi connectivity index (χ0) is 14.8. The van der Waals surface area contributed by atoms with Crippen molar-refractivity contribution in [1.82, 2.24) is 14.8 Å². The van der Waals surface area contributed by atoms with Gasteiger partial charge in [-0.2, -0.15) is 5.10 Å². The second-order valence-electron chi connectivity index (χ2n) is 5.27. The average Bonchev–Trinajstić information content (AvgIpc) is 2.94. The van der Waals surface area contributed by atoms with Crippen LogP contribution in [0.2, 0.25) is 0 Å². The molecule has 2 aromatic rings. The maximum absolute atomic E-state index is 10.6. The predicted molar refractivity (Wildman–Crippen MR) is 78.3 cm³/mol. The van der Waals surface area contributed by atoms with E-state index in [0.717, 1.165) is 31.7 Å². The van der Waals surface area contributed by atoms with Crippen molar-refractivity contribution in [3.05, 3.63) is 46.4 Å². The lowest BCUT2D eigenvalue weighted by atomic mass is 9.93. The topological polar surface area (TPSA) is 77.1 Å². The van der Waals surface area contributed by atoms with Gasteiger partial charge in [0.2, 0.25) is 0 Å². The Morgan fingerprint density at radius 3 is 2.57 bits per heavy atom. The second kappa shape index (κ2) is 5.51. The molecule has 0 aromatic carbocycles. The summed E-state index contributed by atoms with van der Waals surface area (Å²) in [7, 11) is 1.97. The fourth-order valence-corrected chi connectivity index (χ4v) is 2.86. The van der Waals surface area contributed by atoms with E-state index in [1.54, 1.807) is 6.07 Å². The molecule has 0 aliphatic carbocycles. The van der Waals surface area contributed by atoms with Gasteiger partial charge in [-0.3, -0.25) is 14.8 Å². The van der Waals surface area contributed by atoms with Crippen molar-refractivity contribution in [2.75, 3.05) is 18.0 Å². The lowest BCUT2D eigenvalue weighted by molar-refractivity contribution is -0.385. The van der Waals surface area contributed by atoms with Gasteiger partial charge in [-0.15, -0.1) is 0 Å². The van der Waals surface area contributed by atoms with Gasteiger partial charge in [0.1, 0.15) is 12.0 Å². The molecule has 0 spiro atoms. The first-order valence-corrected chi connectivity index (χ1v) is 6.98. The first kappa shape index (κ1) is 13.5. The Hall–Kier alpha value is -2.44. The van der Waals surface area contributed by atoms with Gasteiger partial charge in [-0.1, -0.05) is 0 Å². The molecule has 21 heavy (non-hydrogen) atoms. The van der Waals surface area contributed by atoms with E-state index >= 15 is 0 Å². The average molecular weight is 287 g/mol. The van der Waals surface area contributed by atoms with Gasteiger partial charge in [0.05, 0.1) is 4.92 Å². The third-order valence-electron chi connectivity index (χ3n) is 4.04. The molecule has 1 saturated heterocycles. The quantitative estimate of drug-likeness (QED) is 0.638. The number of anilines is 1. The highest BCUT2D eigenvalue weighted by Gasteiger charge is 2.23. The van der Waals surface area contributed by atoms with E-state index in [4.69, 9.17) is 0 Å². The molecule has 2 aromatic heterocycles. The molecule has 0 bridgehead atoms. The molecule has 1 aliphatic rings. The van der Waals surface area contributed by atoms with Crippen LogP contribution < -0.4 is 4.90 Å². The van der Waals surface area contributed by atoms with Gasteiger partial charge >= 0.3 is 0 Å². The van der Waals surface area contributed by atoms with Crippen LogP contribution in [0.5, 0.6) is 0 Å². The molecule has 3 rings (SSSR count). The lowest BCUT2D eigenvalue weighted by Gasteiger charge is -2.32. The van der Waals surface area contributed by atoms with E-state index in [-0.39, 0.29) is 5.69 Å². The summed E-state index contributed by atoms with van der Waals surface area (Å²) in [5, 5.41) is 14.9. The normalized spacial score (nSPS) is 16.1. The van der Waals surface area contributed by atoms with Gasteiger partial charge < -0.3 is 4.90 Å². The number of hydrogen-bond acceptors (Lipinski definition) is 5. The summed E-state index contributed by atoms with van der Waals surface area (Å²) >= 11 is 0. The molecule has 7 nitrogen and oxygen atoms in total. The number of piperidine rings is 1. The smallest absolute Gasteiger partial charge is 0.287 e.